The second-order valence-electron chi connectivity index (χ2n) is 4.43. The summed E-state index contributed by atoms with van der Waals surface area (Å²) < 4.78 is 18.7. The summed E-state index contributed by atoms with van der Waals surface area (Å²) in [5.41, 5.74) is 1.24. The topological polar surface area (TPSA) is 26.3 Å². The molecule has 0 aliphatic rings. The minimum atomic E-state index is -0.664. The molecule has 0 heterocycles. The highest BCUT2D eigenvalue weighted by Gasteiger charge is 2.24. The first-order valence-electron chi connectivity index (χ1n) is 6.18. The van der Waals surface area contributed by atoms with Gasteiger partial charge in [0.1, 0.15) is 5.82 Å². The van der Waals surface area contributed by atoms with Gasteiger partial charge in [0.2, 0.25) is 0 Å². The lowest BCUT2D eigenvalue weighted by molar-refractivity contribution is -0.142. The lowest BCUT2D eigenvalue weighted by Gasteiger charge is -2.16. The van der Waals surface area contributed by atoms with E-state index in [0.717, 1.165) is 5.56 Å². The van der Waals surface area contributed by atoms with Crippen LogP contribution >= 0.6 is 11.6 Å². The van der Waals surface area contributed by atoms with Crippen LogP contribution in [0.25, 0.3) is 0 Å². The maximum absolute atomic E-state index is 13.9. The fourth-order valence-corrected chi connectivity index (χ4v) is 2.20. The highest BCUT2D eigenvalue weighted by Crippen LogP contribution is 2.25. The minimum Gasteiger partial charge on any atom is -0.469 e. The number of halogens is 2. The van der Waals surface area contributed by atoms with Crippen molar-refractivity contribution in [2.24, 2.45) is 0 Å². The highest BCUT2D eigenvalue weighted by molar-refractivity contribution is 6.30. The summed E-state index contributed by atoms with van der Waals surface area (Å²) in [7, 11) is 1.30. The van der Waals surface area contributed by atoms with Gasteiger partial charge in [0.15, 0.2) is 0 Å². The van der Waals surface area contributed by atoms with Gasteiger partial charge in [-0.3, -0.25) is 4.79 Å². The molecule has 2 nitrogen and oxygen atoms in total. The fourth-order valence-electron chi connectivity index (χ4n) is 2.08. The molecule has 0 aliphatic carbocycles. The summed E-state index contributed by atoms with van der Waals surface area (Å²) in [5, 5.41) is 0.620. The predicted octanol–water partition coefficient (Wildman–Crippen LogP) is 3.98. The third kappa shape index (κ3) is 3.36. The van der Waals surface area contributed by atoms with Crippen molar-refractivity contribution in [3.05, 3.63) is 70.5 Å². The summed E-state index contributed by atoms with van der Waals surface area (Å²) in [6, 6.07) is 13.4. The summed E-state index contributed by atoms with van der Waals surface area (Å²) in [6.07, 6.45) is 0.366. The van der Waals surface area contributed by atoms with Crippen LogP contribution in [0, 0.1) is 5.82 Å². The minimum absolute atomic E-state index is 0.342. The van der Waals surface area contributed by atoms with Crippen LogP contribution in [0.2, 0.25) is 5.02 Å². The van der Waals surface area contributed by atoms with Crippen LogP contribution in [0.5, 0.6) is 0 Å². The number of benzene rings is 2. The van der Waals surface area contributed by atoms with E-state index < -0.39 is 17.7 Å². The molecule has 0 saturated heterocycles. The number of rotatable bonds is 4. The molecule has 0 saturated carbocycles. The third-order valence-corrected chi connectivity index (χ3v) is 3.37. The molecule has 0 amide bonds. The van der Waals surface area contributed by atoms with E-state index in [0.29, 0.717) is 17.0 Å². The Bertz CT molecular complexity index is 596. The largest absolute Gasteiger partial charge is 0.469 e. The molecule has 20 heavy (non-hydrogen) atoms. The number of esters is 1. The lowest BCUT2D eigenvalue weighted by Crippen LogP contribution is -2.18. The van der Waals surface area contributed by atoms with Gasteiger partial charge >= 0.3 is 5.97 Å². The van der Waals surface area contributed by atoms with Crippen molar-refractivity contribution in [3.8, 4) is 0 Å². The van der Waals surface area contributed by atoms with Crippen LogP contribution in [0.1, 0.15) is 17.0 Å². The Balaban J connectivity index is 2.31. The number of hydrogen-bond donors (Lipinski definition) is 0. The van der Waals surface area contributed by atoms with E-state index in [2.05, 4.69) is 0 Å². The van der Waals surface area contributed by atoms with Gasteiger partial charge in [0.25, 0.3) is 0 Å². The van der Waals surface area contributed by atoms with Gasteiger partial charge in [-0.25, -0.2) is 4.39 Å². The van der Waals surface area contributed by atoms with Crippen molar-refractivity contribution in [2.45, 2.75) is 12.3 Å². The Morgan fingerprint density at radius 2 is 1.85 bits per heavy atom. The predicted molar refractivity (Wildman–Crippen MR) is 76.3 cm³/mol. The second-order valence-corrected chi connectivity index (χ2v) is 4.86. The maximum atomic E-state index is 13.9. The molecule has 1 atom stereocenters. The molecule has 1 unspecified atom stereocenters. The Hall–Kier alpha value is -1.87. The van der Waals surface area contributed by atoms with E-state index in [4.69, 9.17) is 16.3 Å². The number of methoxy groups -OCH3 is 1. The molecular formula is C16H14ClFO2. The molecule has 2 aromatic rings. The molecule has 2 rings (SSSR count). The molecular weight excluding hydrogens is 279 g/mol. The van der Waals surface area contributed by atoms with Crippen molar-refractivity contribution >= 4 is 17.6 Å². The smallest absolute Gasteiger partial charge is 0.313 e. The van der Waals surface area contributed by atoms with E-state index in [1.807, 2.05) is 12.1 Å². The first-order valence-corrected chi connectivity index (χ1v) is 6.56. The van der Waals surface area contributed by atoms with Gasteiger partial charge in [0.05, 0.1) is 13.0 Å². The average molecular weight is 293 g/mol. The molecule has 2 aromatic carbocycles. The van der Waals surface area contributed by atoms with Crippen molar-refractivity contribution in [1.82, 2.24) is 0 Å². The van der Waals surface area contributed by atoms with Crippen LogP contribution < -0.4 is 0 Å². The zero-order chi connectivity index (χ0) is 14.5. The second kappa shape index (κ2) is 6.53. The van der Waals surface area contributed by atoms with E-state index in [9.17, 15) is 9.18 Å². The fraction of sp³-hybridized carbons (Fsp3) is 0.188. The SMILES string of the molecule is COC(=O)C(Cc1ccc(Cl)cc1)c1ccccc1F. The van der Waals surface area contributed by atoms with Gasteiger partial charge in [0, 0.05) is 10.6 Å². The van der Waals surface area contributed by atoms with Crippen LogP contribution in [-0.4, -0.2) is 13.1 Å². The Morgan fingerprint density at radius 1 is 1.20 bits per heavy atom. The van der Waals surface area contributed by atoms with Crippen molar-refractivity contribution < 1.29 is 13.9 Å². The molecule has 0 aliphatic heterocycles. The van der Waals surface area contributed by atoms with Gasteiger partial charge < -0.3 is 4.74 Å². The summed E-state index contributed by atoms with van der Waals surface area (Å²) in [6.45, 7) is 0. The number of carbonyl (C=O) groups excluding carboxylic acids is 1. The van der Waals surface area contributed by atoms with E-state index >= 15 is 0 Å². The molecule has 0 bridgehead atoms. The molecule has 4 heteroatoms. The summed E-state index contributed by atoms with van der Waals surface area (Å²) in [5.74, 6) is -1.52. The number of ether oxygens (including phenoxy) is 1. The molecule has 0 N–H and O–H groups in total. The van der Waals surface area contributed by atoms with Gasteiger partial charge in [-0.2, -0.15) is 0 Å². The van der Waals surface area contributed by atoms with Crippen LogP contribution in [0.4, 0.5) is 4.39 Å². The van der Waals surface area contributed by atoms with E-state index in [1.165, 1.54) is 13.2 Å². The molecule has 0 aromatic heterocycles. The number of carbonyl (C=O) groups is 1. The zero-order valence-electron chi connectivity index (χ0n) is 11.0. The molecule has 0 spiro atoms. The Labute approximate surface area is 122 Å². The standard InChI is InChI=1S/C16H14ClFO2/c1-20-16(19)14(13-4-2-3-5-15(13)18)10-11-6-8-12(17)9-7-11/h2-9,14H,10H2,1H3. The first kappa shape index (κ1) is 14.5. The Kier molecular flexibility index (Phi) is 4.74. The first-order chi connectivity index (χ1) is 9.61. The molecule has 0 fully saturated rings. The highest BCUT2D eigenvalue weighted by atomic mass is 35.5. The average Bonchev–Trinajstić information content (AvgIpc) is 2.47. The molecule has 104 valence electrons. The van der Waals surface area contributed by atoms with Crippen LogP contribution in [0.3, 0.4) is 0 Å². The van der Waals surface area contributed by atoms with E-state index in [-0.39, 0.29) is 0 Å². The van der Waals surface area contributed by atoms with Gasteiger partial charge in [-0.15, -0.1) is 0 Å². The zero-order valence-corrected chi connectivity index (χ0v) is 11.7. The quantitative estimate of drug-likeness (QED) is 0.797. The summed E-state index contributed by atoms with van der Waals surface area (Å²) in [4.78, 5) is 11.9. The molecule has 0 radical (unpaired) electrons. The van der Waals surface area contributed by atoms with Crippen molar-refractivity contribution in [1.29, 1.82) is 0 Å². The van der Waals surface area contributed by atoms with Crippen molar-refractivity contribution in [3.63, 3.8) is 0 Å². The number of hydrogen-bond acceptors (Lipinski definition) is 2. The monoisotopic (exact) mass is 292 g/mol. The van der Waals surface area contributed by atoms with Gasteiger partial charge in [-0.05, 0) is 30.2 Å². The van der Waals surface area contributed by atoms with Gasteiger partial charge in [-0.1, -0.05) is 41.9 Å². The van der Waals surface area contributed by atoms with E-state index in [1.54, 1.807) is 30.3 Å². The Morgan fingerprint density at radius 3 is 2.45 bits per heavy atom. The normalized spacial score (nSPS) is 11.9. The maximum Gasteiger partial charge on any atom is 0.313 e. The van der Waals surface area contributed by atoms with Crippen LogP contribution in [0.15, 0.2) is 48.5 Å². The summed E-state index contributed by atoms with van der Waals surface area (Å²) >= 11 is 5.83. The lowest BCUT2D eigenvalue weighted by atomic mass is 9.91. The van der Waals surface area contributed by atoms with Crippen molar-refractivity contribution in [2.75, 3.05) is 7.11 Å². The van der Waals surface area contributed by atoms with Crippen LogP contribution in [-0.2, 0) is 16.0 Å². The third-order valence-electron chi connectivity index (χ3n) is 3.12.